The van der Waals surface area contributed by atoms with Crippen LogP contribution in [0.3, 0.4) is 0 Å². The molecule has 6 rings (SSSR count). The molecule has 180 valence electrons. The van der Waals surface area contributed by atoms with Gasteiger partial charge in [-0.25, -0.2) is 4.39 Å². The second kappa shape index (κ2) is 7.59. The number of piperidine rings is 1. The lowest BCUT2D eigenvalue weighted by Crippen LogP contribution is -2.60. The molecule has 7 heteroatoms. The Labute approximate surface area is 203 Å². The van der Waals surface area contributed by atoms with Crippen LogP contribution in [0.2, 0.25) is 0 Å². The highest BCUT2D eigenvalue weighted by atomic mass is 19.1. The Bertz CT molecular complexity index is 1270. The summed E-state index contributed by atoms with van der Waals surface area (Å²) in [6.45, 7) is 1.99. The number of carbonyl (C=O) groups is 3. The lowest BCUT2D eigenvalue weighted by atomic mass is 9.55. The first kappa shape index (κ1) is 22.2. The van der Waals surface area contributed by atoms with Gasteiger partial charge in [-0.15, -0.1) is 0 Å². The van der Waals surface area contributed by atoms with Gasteiger partial charge in [-0.05, 0) is 42.0 Å². The van der Waals surface area contributed by atoms with Crippen molar-refractivity contribution in [1.29, 1.82) is 0 Å². The number of hydrogen-bond donors (Lipinski definition) is 1. The lowest BCUT2D eigenvalue weighted by Gasteiger charge is -2.52. The number of esters is 1. The van der Waals surface area contributed by atoms with Gasteiger partial charge >= 0.3 is 5.97 Å². The Kier molecular flexibility index (Phi) is 4.81. The molecule has 2 amide bonds. The van der Waals surface area contributed by atoms with Gasteiger partial charge in [0, 0.05) is 24.4 Å². The number of likely N-dealkylation sites (tertiary alicyclic amines) is 1. The molecule has 3 fully saturated rings. The number of aryl methyl sites for hydroxylation is 1. The molecule has 0 aromatic heterocycles. The average molecular weight is 475 g/mol. The van der Waals surface area contributed by atoms with Crippen LogP contribution in [0.25, 0.3) is 0 Å². The summed E-state index contributed by atoms with van der Waals surface area (Å²) in [7, 11) is 2.89. The molecule has 1 saturated carbocycles. The zero-order valence-electron chi connectivity index (χ0n) is 19.8. The van der Waals surface area contributed by atoms with Crippen LogP contribution < -0.4 is 5.32 Å². The number of rotatable bonds is 3. The van der Waals surface area contributed by atoms with E-state index in [1.165, 1.54) is 31.2 Å². The molecule has 2 aromatic rings. The van der Waals surface area contributed by atoms with E-state index in [9.17, 15) is 18.8 Å². The van der Waals surface area contributed by atoms with E-state index < -0.39 is 41.2 Å². The molecule has 4 aliphatic rings. The van der Waals surface area contributed by atoms with Gasteiger partial charge in [0.1, 0.15) is 11.9 Å². The Morgan fingerprint density at radius 1 is 1.06 bits per heavy atom. The van der Waals surface area contributed by atoms with E-state index in [1.807, 2.05) is 43.3 Å². The van der Waals surface area contributed by atoms with Crippen LogP contribution in [0.1, 0.15) is 28.7 Å². The standard InChI is InChI=1S/C28H27FN2O4/c1-14-7-9-15(10-8-14)20-24(27(34)35-3)30-23(16-5-4-6-17(29)13-16)21-18-11-12-28(20,21)22-19(18)25(32)31(2)26(22)33/h4-13,18-24,30H,1-3H3/t18-,19+,20-,21+,22-,23+,24+,28+/m0/s1. The lowest BCUT2D eigenvalue weighted by molar-refractivity contribution is -0.150. The normalized spacial score (nSPS) is 36.9. The molecule has 2 bridgehead atoms. The number of nitrogens with one attached hydrogen (secondary N) is 1. The minimum atomic E-state index is -0.802. The predicted molar refractivity (Wildman–Crippen MR) is 125 cm³/mol. The molecule has 1 N–H and O–H groups in total. The fraction of sp³-hybridized carbons (Fsp3) is 0.393. The number of allylic oxidation sites excluding steroid dienone is 2. The number of amides is 2. The van der Waals surface area contributed by atoms with Gasteiger partial charge in [0.05, 0.1) is 18.9 Å². The summed E-state index contributed by atoms with van der Waals surface area (Å²) in [6, 6.07) is 13.1. The van der Waals surface area contributed by atoms with Gasteiger partial charge in [-0.3, -0.25) is 24.6 Å². The monoisotopic (exact) mass is 474 g/mol. The highest BCUT2D eigenvalue weighted by Crippen LogP contribution is 2.72. The molecule has 0 spiro atoms. The van der Waals surface area contributed by atoms with Gasteiger partial charge in [-0.1, -0.05) is 54.1 Å². The number of halogens is 1. The highest BCUT2D eigenvalue weighted by Gasteiger charge is 2.76. The van der Waals surface area contributed by atoms with Crippen molar-refractivity contribution in [3.8, 4) is 0 Å². The molecule has 2 heterocycles. The van der Waals surface area contributed by atoms with Crippen molar-refractivity contribution in [2.24, 2.45) is 29.1 Å². The maximum atomic E-state index is 14.3. The highest BCUT2D eigenvalue weighted by molar-refractivity contribution is 6.07. The molecule has 2 saturated heterocycles. The smallest absolute Gasteiger partial charge is 0.323 e. The van der Waals surface area contributed by atoms with E-state index in [1.54, 1.807) is 6.07 Å². The number of nitrogens with zero attached hydrogens (tertiary/aromatic N) is 1. The van der Waals surface area contributed by atoms with Crippen molar-refractivity contribution in [1.82, 2.24) is 10.2 Å². The molecule has 2 aliphatic heterocycles. The molecular formula is C28H27FN2O4. The van der Waals surface area contributed by atoms with E-state index in [0.29, 0.717) is 5.56 Å². The van der Waals surface area contributed by atoms with Crippen molar-refractivity contribution in [2.75, 3.05) is 14.2 Å². The Hall–Kier alpha value is -3.32. The first-order valence-corrected chi connectivity index (χ1v) is 12.0. The van der Waals surface area contributed by atoms with Crippen LogP contribution >= 0.6 is 0 Å². The van der Waals surface area contributed by atoms with Gasteiger partial charge < -0.3 is 4.74 Å². The second-order valence-electron chi connectivity index (χ2n) is 10.3. The van der Waals surface area contributed by atoms with Gasteiger partial charge in [0.15, 0.2) is 0 Å². The van der Waals surface area contributed by atoms with Crippen LogP contribution in [0.4, 0.5) is 4.39 Å². The van der Waals surface area contributed by atoms with E-state index in [0.717, 1.165) is 11.1 Å². The molecule has 35 heavy (non-hydrogen) atoms. The fourth-order valence-electron chi connectivity index (χ4n) is 7.53. The number of fused-ring (bicyclic) bond motifs is 2. The number of hydrogen-bond acceptors (Lipinski definition) is 5. The molecule has 6 nitrogen and oxygen atoms in total. The Morgan fingerprint density at radius 2 is 1.80 bits per heavy atom. The first-order valence-electron chi connectivity index (χ1n) is 12.0. The third kappa shape index (κ3) is 2.82. The van der Waals surface area contributed by atoms with Crippen molar-refractivity contribution in [3.05, 3.63) is 83.2 Å². The summed E-state index contributed by atoms with van der Waals surface area (Å²) < 4.78 is 19.6. The van der Waals surface area contributed by atoms with Crippen molar-refractivity contribution < 1.29 is 23.5 Å². The minimum absolute atomic E-state index is 0.182. The average Bonchev–Trinajstić information content (AvgIpc) is 3.46. The zero-order chi connectivity index (χ0) is 24.6. The van der Waals surface area contributed by atoms with Crippen LogP contribution in [-0.4, -0.2) is 42.9 Å². The third-order valence-electron chi connectivity index (χ3n) is 8.81. The molecule has 2 aromatic carbocycles. The van der Waals surface area contributed by atoms with Gasteiger partial charge in [0.2, 0.25) is 11.8 Å². The van der Waals surface area contributed by atoms with Crippen LogP contribution in [-0.2, 0) is 19.1 Å². The van der Waals surface area contributed by atoms with Crippen molar-refractivity contribution in [2.45, 2.75) is 24.9 Å². The maximum Gasteiger partial charge on any atom is 0.323 e. The first-order chi connectivity index (χ1) is 16.8. The summed E-state index contributed by atoms with van der Waals surface area (Å²) in [5, 5.41) is 3.49. The van der Waals surface area contributed by atoms with Crippen LogP contribution in [0, 0.1) is 41.8 Å². The van der Waals surface area contributed by atoms with Crippen LogP contribution in [0.5, 0.6) is 0 Å². The maximum absolute atomic E-state index is 14.3. The molecule has 0 unspecified atom stereocenters. The number of ether oxygens (including phenoxy) is 1. The SMILES string of the molecule is COC(=O)[C@@H]1N[C@H](c2cccc(F)c2)[C@H]2[C@H]3C=C[C@@]2([C@@H]2C(=O)N(C)C(=O)[C@H]32)[C@H]1c1ccc(C)cc1. The number of imide groups is 1. The minimum Gasteiger partial charge on any atom is -0.468 e. The quantitative estimate of drug-likeness (QED) is 0.420. The fourth-order valence-corrected chi connectivity index (χ4v) is 7.53. The summed E-state index contributed by atoms with van der Waals surface area (Å²) in [4.78, 5) is 41.4. The molecule has 8 atom stereocenters. The molecular weight excluding hydrogens is 447 g/mol. The van der Waals surface area contributed by atoms with Crippen molar-refractivity contribution in [3.63, 3.8) is 0 Å². The molecule has 2 aliphatic carbocycles. The Morgan fingerprint density at radius 3 is 2.49 bits per heavy atom. The van der Waals surface area contributed by atoms with E-state index in [2.05, 4.69) is 11.4 Å². The predicted octanol–water partition coefficient (Wildman–Crippen LogP) is 3.14. The van der Waals surface area contributed by atoms with Gasteiger partial charge in [0.25, 0.3) is 0 Å². The Balaban J connectivity index is 1.61. The third-order valence-corrected chi connectivity index (χ3v) is 8.81. The zero-order valence-corrected chi connectivity index (χ0v) is 19.8. The summed E-state index contributed by atoms with van der Waals surface area (Å²) in [5.74, 6) is -3.14. The van der Waals surface area contributed by atoms with Crippen molar-refractivity contribution >= 4 is 17.8 Å². The number of benzene rings is 2. The molecule has 0 radical (unpaired) electrons. The summed E-state index contributed by atoms with van der Waals surface area (Å²) in [6.07, 6.45) is 4.12. The van der Waals surface area contributed by atoms with Gasteiger partial charge in [-0.2, -0.15) is 0 Å². The van der Waals surface area contributed by atoms with E-state index in [-0.39, 0.29) is 29.5 Å². The second-order valence-corrected chi connectivity index (χ2v) is 10.3. The largest absolute Gasteiger partial charge is 0.468 e. The topological polar surface area (TPSA) is 75.7 Å². The van der Waals surface area contributed by atoms with E-state index >= 15 is 0 Å². The van der Waals surface area contributed by atoms with E-state index in [4.69, 9.17) is 4.74 Å². The number of methoxy groups -OCH3 is 1. The summed E-state index contributed by atoms with van der Waals surface area (Å²) >= 11 is 0. The van der Waals surface area contributed by atoms with Crippen LogP contribution in [0.15, 0.2) is 60.7 Å². The summed E-state index contributed by atoms with van der Waals surface area (Å²) in [5.41, 5.74) is 1.87. The number of carbonyl (C=O) groups excluding carboxylic acids is 3.